The molecule has 0 aliphatic heterocycles. The summed E-state index contributed by atoms with van der Waals surface area (Å²) in [5.41, 5.74) is 0.961. The highest BCUT2D eigenvalue weighted by atomic mass is 16.5. The standard InChI is InChI=1S/C16H23NO3/c1-2-8-15(11-6-7-12-18)17-16(19)20-13-14-9-4-3-5-10-14/h2-5,9-10,15,18H,1,6-8,11-13H2,(H,17,19). The van der Waals surface area contributed by atoms with Crippen LogP contribution in [0, 0.1) is 0 Å². The smallest absolute Gasteiger partial charge is 0.407 e. The van der Waals surface area contributed by atoms with Crippen molar-refractivity contribution >= 4 is 6.09 Å². The number of hydrogen-bond donors (Lipinski definition) is 2. The van der Waals surface area contributed by atoms with Crippen LogP contribution in [0.4, 0.5) is 4.79 Å². The van der Waals surface area contributed by atoms with Crippen molar-refractivity contribution in [3.63, 3.8) is 0 Å². The van der Waals surface area contributed by atoms with Crippen LogP contribution in [0.2, 0.25) is 0 Å². The number of unbranched alkanes of at least 4 members (excludes halogenated alkanes) is 1. The topological polar surface area (TPSA) is 58.6 Å². The Labute approximate surface area is 120 Å². The monoisotopic (exact) mass is 277 g/mol. The van der Waals surface area contributed by atoms with E-state index in [0.717, 1.165) is 24.8 Å². The molecule has 110 valence electrons. The summed E-state index contributed by atoms with van der Waals surface area (Å²) in [7, 11) is 0. The summed E-state index contributed by atoms with van der Waals surface area (Å²) >= 11 is 0. The highest BCUT2D eigenvalue weighted by Crippen LogP contribution is 2.06. The molecule has 0 aliphatic carbocycles. The van der Waals surface area contributed by atoms with Gasteiger partial charge in [0.1, 0.15) is 6.61 Å². The second kappa shape index (κ2) is 10.0. The van der Waals surface area contributed by atoms with Gasteiger partial charge in [-0.25, -0.2) is 4.79 Å². The van der Waals surface area contributed by atoms with Crippen molar-refractivity contribution in [2.75, 3.05) is 6.61 Å². The van der Waals surface area contributed by atoms with Crippen molar-refractivity contribution in [2.45, 2.75) is 38.3 Å². The number of hydrogen-bond acceptors (Lipinski definition) is 3. The van der Waals surface area contributed by atoms with Gasteiger partial charge >= 0.3 is 6.09 Å². The summed E-state index contributed by atoms with van der Waals surface area (Å²) in [6, 6.07) is 9.58. The molecule has 0 radical (unpaired) electrons. The van der Waals surface area contributed by atoms with Crippen LogP contribution >= 0.6 is 0 Å². The largest absolute Gasteiger partial charge is 0.445 e. The van der Waals surface area contributed by atoms with Gasteiger partial charge in [0.05, 0.1) is 0 Å². The zero-order valence-electron chi connectivity index (χ0n) is 11.8. The normalized spacial score (nSPS) is 11.7. The summed E-state index contributed by atoms with van der Waals surface area (Å²) in [5, 5.41) is 11.6. The molecule has 0 saturated carbocycles. The molecule has 0 bridgehead atoms. The predicted molar refractivity (Wildman–Crippen MR) is 79.3 cm³/mol. The number of nitrogens with one attached hydrogen (secondary N) is 1. The molecule has 0 spiro atoms. The molecular formula is C16H23NO3. The van der Waals surface area contributed by atoms with E-state index in [4.69, 9.17) is 9.84 Å². The maximum absolute atomic E-state index is 11.7. The summed E-state index contributed by atoms with van der Waals surface area (Å²) in [6.45, 7) is 4.14. The minimum Gasteiger partial charge on any atom is -0.445 e. The first kappa shape index (κ1) is 16.2. The van der Waals surface area contributed by atoms with Gasteiger partial charge in [-0.2, -0.15) is 0 Å². The van der Waals surface area contributed by atoms with Crippen molar-refractivity contribution in [1.82, 2.24) is 5.32 Å². The number of amides is 1. The minimum absolute atomic E-state index is 0.0160. The third-order valence-electron chi connectivity index (χ3n) is 2.95. The van der Waals surface area contributed by atoms with E-state index >= 15 is 0 Å². The van der Waals surface area contributed by atoms with Gasteiger partial charge < -0.3 is 15.2 Å². The van der Waals surface area contributed by atoms with E-state index in [1.165, 1.54) is 0 Å². The molecule has 20 heavy (non-hydrogen) atoms. The molecule has 1 atom stereocenters. The van der Waals surface area contributed by atoms with Crippen molar-refractivity contribution in [2.24, 2.45) is 0 Å². The fourth-order valence-electron chi connectivity index (χ4n) is 1.88. The lowest BCUT2D eigenvalue weighted by molar-refractivity contribution is 0.135. The molecular weight excluding hydrogens is 254 g/mol. The first-order valence-corrected chi connectivity index (χ1v) is 6.95. The predicted octanol–water partition coefficient (Wildman–Crippen LogP) is 3.02. The van der Waals surface area contributed by atoms with E-state index in [1.54, 1.807) is 6.08 Å². The molecule has 0 heterocycles. The number of aliphatic hydroxyl groups is 1. The first-order chi connectivity index (χ1) is 9.76. The fraction of sp³-hybridized carbons (Fsp3) is 0.438. The molecule has 1 aromatic carbocycles. The van der Waals surface area contributed by atoms with E-state index in [1.807, 2.05) is 30.3 Å². The molecule has 1 unspecified atom stereocenters. The van der Waals surface area contributed by atoms with Gasteiger partial charge in [-0.1, -0.05) is 36.4 Å². The highest BCUT2D eigenvalue weighted by Gasteiger charge is 2.11. The SMILES string of the molecule is C=CCC(CCCCO)NC(=O)OCc1ccccc1. The molecule has 0 fully saturated rings. The average molecular weight is 277 g/mol. The zero-order chi connectivity index (χ0) is 14.6. The Bertz CT molecular complexity index is 392. The van der Waals surface area contributed by atoms with E-state index in [2.05, 4.69) is 11.9 Å². The molecule has 2 N–H and O–H groups in total. The Morgan fingerprint density at radius 2 is 2.10 bits per heavy atom. The molecule has 0 aliphatic rings. The van der Waals surface area contributed by atoms with Crippen LogP contribution in [0.1, 0.15) is 31.2 Å². The zero-order valence-corrected chi connectivity index (χ0v) is 11.8. The second-order valence-corrected chi connectivity index (χ2v) is 4.65. The number of alkyl carbamates (subject to hydrolysis) is 1. The molecule has 4 heteroatoms. The van der Waals surface area contributed by atoms with Crippen LogP contribution in [0.15, 0.2) is 43.0 Å². The lowest BCUT2D eigenvalue weighted by atomic mass is 10.1. The average Bonchev–Trinajstić information content (AvgIpc) is 2.47. The molecule has 0 saturated heterocycles. The third-order valence-corrected chi connectivity index (χ3v) is 2.95. The van der Waals surface area contributed by atoms with Gasteiger partial charge in [0.25, 0.3) is 0 Å². The summed E-state index contributed by atoms with van der Waals surface area (Å²) in [6.07, 6.45) is 4.49. The molecule has 1 rings (SSSR count). The summed E-state index contributed by atoms with van der Waals surface area (Å²) in [4.78, 5) is 11.7. The Balaban J connectivity index is 2.31. The Morgan fingerprint density at radius 1 is 1.35 bits per heavy atom. The van der Waals surface area contributed by atoms with E-state index in [9.17, 15) is 4.79 Å². The van der Waals surface area contributed by atoms with Crippen LogP contribution in [-0.2, 0) is 11.3 Å². The maximum atomic E-state index is 11.7. The lowest BCUT2D eigenvalue weighted by Gasteiger charge is -2.16. The third kappa shape index (κ3) is 6.95. The second-order valence-electron chi connectivity index (χ2n) is 4.65. The maximum Gasteiger partial charge on any atom is 0.407 e. The van der Waals surface area contributed by atoms with Crippen molar-refractivity contribution in [1.29, 1.82) is 0 Å². The number of aliphatic hydroxyl groups excluding tert-OH is 1. The molecule has 4 nitrogen and oxygen atoms in total. The van der Waals surface area contributed by atoms with Crippen LogP contribution in [0.3, 0.4) is 0 Å². The quantitative estimate of drug-likeness (QED) is 0.539. The number of rotatable bonds is 9. The van der Waals surface area contributed by atoms with Gasteiger partial charge in [0, 0.05) is 12.6 Å². The van der Waals surface area contributed by atoms with Gasteiger partial charge in [-0.15, -0.1) is 6.58 Å². The van der Waals surface area contributed by atoms with Crippen molar-refractivity contribution in [3.05, 3.63) is 48.6 Å². The van der Waals surface area contributed by atoms with Crippen LogP contribution < -0.4 is 5.32 Å². The van der Waals surface area contributed by atoms with E-state index in [-0.39, 0.29) is 19.3 Å². The number of benzene rings is 1. The van der Waals surface area contributed by atoms with E-state index < -0.39 is 6.09 Å². The highest BCUT2D eigenvalue weighted by molar-refractivity contribution is 5.67. The number of carbonyl (C=O) groups excluding carboxylic acids is 1. The summed E-state index contributed by atoms with van der Waals surface area (Å²) < 4.78 is 5.18. The molecule has 0 aromatic heterocycles. The van der Waals surface area contributed by atoms with Crippen LogP contribution in [-0.4, -0.2) is 23.8 Å². The first-order valence-electron chi connectivity index (χ1n) is 6.95. The van der Waals surface area contributed by atoms with Gasteiger partial charge in [-0.3, -0.25) is 0 Å². The summed E-state index contributed by atoms with van der Waals surface area (Å²) in [5.74, 6) is 0. The lowest BCUT2D eigenvalue weighted by Crippen LogP contribution is -2.34. The van der Waals surface area contributed by atoms with Crippen molar-refractivity contribution in [3.8, 4) is 0 Å². The van der Waals surface area contributed by atoms with Gasteiger partial charge in [0.15, 0.2) is 0 Å². The Kier molecular flexibility index (Phi) is 8.15. The fourth-order valence-corrected chi connectivity index (χ4v) is 1.88. The molecule has 1 amide bonds. The Hall–Kier alpha value is -1.81. The molecule has 1 aromatic rings. The van der Waals surface area contributed by atoms with E-state index in [0.29, 0.717) is 6.42 Å². The number of carbonyl (C=O) groups is 1. The Morgan fingerprint density at radius 3 is 2.75 bits per heavy atom. The van der Waals surface area contributed by atoms with Crippen LogP contribution in [0.25, 0.3) is 0 Å². The number of ether oxygens (including phenoxy) is 1. The van der Waals surface area contributed by atoms with Crippen molar-refractivity contribution < 1.29 is 14.6 Å². The van der Waals surface area contributed by atoms with Gasteiger partial charge in [-0.05, 0) is 31.2 Å². The van der Waals surface area contributed by atoms with Crippen LogP contribution in [0.5, 0.6) is 0 Å². The minimum atomic E-state index is -0.412. The van der Waals surface area contributed by atoms with Gasteiger partial charge in [0.2, 0.25) is 0 Å².